The minimum atomic E-state index is -3.86. The summed E-state index contributed by atoms with van der Waals surface area (Å²) in [5.41, 5.74) is 1.52. The predicted octanol–water partition coefficient (Wildman–Crippen LogP) is 1.94. The van der Waals surface area contributed by atoms with E-state index in [2.05, 4.69) is 15.5 Å². The highest BCUT2D eigenvalue weighted by molar-refractivity contribution is 7.89. The minimum absolute atomic E-state index is 0.0248. The smallest absolute Gasteiger partial charge is 0.408 e. The Labute approximate surface area is 206 Å². The highest BCUT2D eigenvalue weighted by Gasteiger charge is 2.33. The number of carbonyl (C=O) groups excluding carboxylic acids is 1. The third-order valence-electron chi connectivity index (χ3n) is 6.29. The molecule has 0 saturated carbocycles. The van der Waals surface area contributed by atoms with E-state index in [4.69, 9.17) is 8.94 Å². The molecule has 0 aliphatic carbocycles. The van der Waals surface area contributed by atoms with Gasteiger partial charge in [0.15, 0.2) is 11.4 Å². The van der Waals surface area contributed by atoms with Gasteiger partial charge >= 0.3 is 5.76 Å². The summed E-state index contributed by atoms with van der Waals surface area (Å²) in [6.45, 7) is 0.693. The third kappa shape index (κ3) is 4.69. The van der Waals surface area contributed by atoms with Crippen molar-refractivity contribution in [1.29, 1.82) is 0 Å². The van der Waals surface area contributed by atoms with Crippen molar-refractivity contribution in [2.24, 2.45) is 13.0 Å². The number of amides is 1. The number of hydrogen-bond acceptors (Lipinski definition) is 8. The van der Waals surface area contributed by atoms with Gasteiger partial charge in [-0.3, -0.25) is 9.36 Å². The average molecular weight is 512 g/mol. The molecule has 0 radical (unpaired) electrons. The molecule has 36 heavy (non-hydrogen) atoms. The second kappa shape index (κ2) is 9.70. The number of aromatic nitrogens is 3. The van der Waals surface area contributed by atoms with Crippen LogP contribution in [-0.4, -0.2) is 53.0 Å². The van der Waals surface area contributed by atoms with E-state index >= 15 is 0 Å². The Kier molecular flexibility index (Phi) is 6.46. The Hall–Kier alpha value is -3.77. The maximum atomic E-state index is 13.2. The van der Waals surface area contributed by atoms with E-state index < -0.39 is 21.7 Å². The molecular formula is C24H25N5O6S. The molecule has 1 unspecified atom stereocenters. The number of sulfonamides is 1. The van der Waals surface area contributed by atoms with Crippen molar-refractivity contribution in [1.82, 2.24) is 24.3 Å². The molecule has 4 aromatic rings. The number of rotatable bonds is 7. The zero-order valence-corrected chi connectivity index (χ0v) is 20.4. The van der Waals surface area contributed by atoms with Crippen LogP contribution in [-0.2, 0) is 28.3 Å². The summed E-state index contributed by atoms with van der Waals surface area (Å²) in [7, 11) is -2.31. The monoisotopic (exact) mass is 511 g/mol. The molecule has 0 bridgehead atoms. The summed E-state index contributed by atoms with van der Waals surface area (Å²) < 4.78 is 39.5. The fourth-order valence-corrected chi connectivity index (χ4v) is 5.83. The molecule has 3 heterocycles. The van der Waals surface area contributed by atoms with Crippen LogP contribution in [0.1, 0.15) is 18.7 Å². The summed E-state index contributed by atoms with van der Waals surface area (Å²) in [4.78, 5) is 28.9. The highest BCUT2D eigenvalue weighted by Crippen LogP contribution is 2.26. The van der Waals surface area contributed by atoms with Crippen molar-refractivity contribution in [3.63, 3.8) is 0 Å². The number of benzene rings is 2. The van der Waals surface area contributed by atoms with Crippen molar-refractivity contribution >= 4 is 27.0 Å². The lowest BCUT2D eigenvalue weighted by molar-refractivity contribution is -0.126. The van der Waals surface area contributed by atoms with Crippen LogP contribution in [0.2, 0.25) is 0 Å². The predicted molar refractivity (Wildman–Crippen MR) is 129 cm³/mol. The Balaban J connectivity index is 1.20. The van der Waals surface area contributed by atoms with Crippen molar-refractivity contribution < 1.29 is 22.2 Å². The summed E-state index contributed by atoms with van der Waals surface area (Å²) in [6.07, 6.45) is 1.54. The second-order valence-corrected chi connectivity index (χ2v) is 10.6. The zero-order chi connectivity index (χ0) is 25.3. The van der Waals surface area contributed by atoms with Crippen LogP contribution in [0.5, 0.6) is 0 Å². The number of nitrogens with one attached hydrogen (secondary N) is 1. The number of carbonyl (C=O) groups is 1. The maximum Gasteiger partial charge on any atom is 0.419 e. The van der Waals surface area contributed by atoms with Crippen LogP contribution in [0.4, 0.5) is 0 Å². The molecule has 1 saturated heterocycles. The van der Waals surface area contributed by atoms with Crippen molar-refractivity contribution in [2.45, 2.75) is 24.2 Å². The Morgan fingerprint density at radius 2 is 2.00 bits per heavy atom. The molecule has 5 rings (SSSR count). The zero-order valence-electron chi connectivity index (χ0n) is 19.6. The molecule has 11 nitrogen and oxygen atoms in total. The quantitative estimate of drug-likeness (QED) is 0.397. The van der Waals surface area contributed by atoms with Crippen LogP contribution in [0, 0.1) is 5.92 Å². The van der Waals surface area contributed by atoms with Crippen LogP contribution < -0.4 is 11.1 Å². The third-order valence-corrected chi connectivity index (χ3v) is 8.15. The number of piperidine rings is 1. The molecule has 188 valence electrons. The standard InChI is InChI=1S/C24H25N5O6S/c1-28-19-10-9-18(14-20(19)34-24(28)31)36(32,33)29-13-5-8-17(15-29)22(30)25-12-11-21-26-23(35-27-21)16-6-3-2-4-7-16/h2-4,6-7,9-10,14,17H,5,8,11-13,15H2,1H3,(H,25,30). The molecule has 0 spiro atoms. The van der Waals surface area contributed by atoms with Crippen LogP contribution >= 0.6 is 0 Å². The SMILES string of the molecule is Cn1c(=O)oc2cc(S(=O)(=O)N3CCCC(C(=O)NCCc4noc(-c5ccccc5)n4)C3)ccc21. The van der Waals surface area contributed by atoms with Crippen molar-refractivity contribution in [3.8, 4) is 11.5 Å². The Morgan fingerprint density at radius 1 is 1.19 bits per heavy atom. The van der Waals surface area contributed by atoms with Gasteiger partial charge in [-0.05, 0) is 37.1 Å². The number of oxazole rings is 1. The van der Waals surface area contributed by atoms with Gasteiger partial charge in [0.05, 0.1) is 16.3 Å². The number of aryl methyl sites for hydroxylation is 1. The van der Waals surface area contributed by atoms with Gasteiger partial charge in [-0.2, -0.15) is 9.29 Å². The lowest BCUT2D eigenvalue weighted by Gasteiger charge is -2.31. The van der Waals surface area contributed by atoms with Gasteiger partial charge in [0.25, 0.3) is 5.89 Å². The van der Waals surface area contributed by atoms with E-state index in [1.54, 1.807) is 13.1 Å². The first-order chi connectivity index (χ1) is 17.3. The van der Waals surface area contributed by atoms with E-state index in [0.717, 1.165) is 5.56 Å². The summed E-state index contributed by atoms with van der Waals surface area (Å²) in [6, 6.07) is 13.7. The molecule has 1 fully saturated rings. The molecule has 1 aliphatic rings. The van der Waals surface area contributed by atoms with E-state index in [1.165, 1.54) is 21.0 Å². The van der Waals surface area contributed by atoms with Crippen LogP contribution in [0.15, 0.2) is 67.2 Å². The summed E-state index contributed by atoms with van der Waals surface area (Å²) in [5, 5.41) is 6.81. The highest BCUT2D eigenvalue weighted by atomic mass is 32.2. The lowest BCUT2D eigenvalue weighted by atomic mass is 9.99. The Morgan fingerprint density at radius 3 is 2.81 bits per heavy atom. The fourth-order valence-electron chi connectivity index (χ4n) is 4.29. The summed E-state index contributed by atoms with van der Waals surface area (Å²) >= 11 is 0. The van der Waals surface area contributed by atoms with Gasteiger partial charge in [0.1, 0.15) is 0 Å². The molecule has 1 amide bonds. The molecular weight excluding hydrogens is 486 g/mol. The molecule has 1 aliphatic heterocycles. The molecule has 1 N–H and O–H groups in total. The second-order valence-electron chi connectivity index (χ2n) is 8.68. The number of hydrogen-bond donors (Lipinski definition) is 1. The maximum absolute atomic E-state index is 13.2. The largest absolute Gasteiger partial charge is 0.419 e. The van der Waals surface area contributed by atoms with E-state index in [9.17, 15) is 18.0 Å². The first-order valence-corrected chi connectivity index (χ1v) is 13.0. The van der Waals surface area contributed by atoms with E-state index in [1.807, 2.05) is 30.3 Å². The molecule has 12 heteroatoms. The lowest BCUT2D eigenvalue weighted by Crippen LogP contribution is -2.45. The van der Waals surface area contributed by atoms with Crippen molar-refractivity contribution in [2.75, 3.05) is 19.6 Å². The first kappa shape index (κ1) is 23.9. The van der Waals surface area contributed by atoms with E-state index in [0.29, 0.717) is 49.6 Å². The summed E-state index contributed by atoms with van der Waals surface area (Å²) in [5.74, 6) is -0.363. The van der Waals surface area contributed by atoms with Gasteiger partial charge in [0, 0.05) is 44.7 Å². The van der Waals surface area contributed by atoms with Crippen molar-refractivity contribution in [3.05, 3.63) is 64.9 Å². The molecule has 1 atom stereocenters. The number of fused-ring (bicyclic) bond motifs is 1. The van der Waals surface area contributed by atoms with Gasteiger partial charge in [0.2, 0.25) is 15.9 Å². The molecule has 2 aromatic heterocycles. The van der Waals surface area contributed by atoms with Crippen LogP contribution in [0.25, 0.3) is 22.6 Å². The van der Waals surface area contributed by atoms with Crippen LogP contribution in [0.3, 0.4) is 0 Å². The van der Waals surface area contributed by atoms with Gasteiger partial charge in [-0.25, -0.2) is 13.2 Å². The average Bonchev–Trinajstić information content (AvgIpc) is 3.48. The fraction of sp³-hybridized carbons (Fsp3) is 0.333. The Bertz CT molecular complexity index is 1560. The van der Waals surface area contributed by atoms with E-state index in [-0.39, 0.29) is 22.9 Å². The van der Waals surface area contributed by atoms with Gasteiger partial charge in [-0.1, -0.05) is 23.4 Å². The first-order valence-electron chi connectivity index (χ1n) is 11.6. The number of nitrogens with zero attached hydrogens (tertiary/aromatic N) is 4. The minimum Gasteiger partial charge on any atom is -0.408 e. The normalized spacial score (nSPS) is 16.9. The van der Waals surface area contributed by atoms with Gasteiger partial charge < -0.3 is 14.3 Å². The molecule has 2 aromatic carbocycles. The topological polar surface area (TPSA) is 141 Å². The van der Waals surface area contributed by atoms with Gasteiger partial charge in [-0.15, -0.1) is 0 Å².